The van der Waals surface area contributed by atoms with Crippen molar-refractivity contribution in [2.75, 3.05) is 33.3 Å². The number of hydrogen-bond donors (Lipinski definition) is 1. The zero-order chi connectivity index (χ0) is 15.5. The van der Waals surface area contributed by atoms with E-state index >= 15 is 0 Å². The van der Waals surface area contributed by atoms with Gasteiger partial charge in [-0.25, -0.2) is 12.8 Å². The van der Waals surface area contributed by atoms with Crippen molar-refractivity contribution in [2.45, 2.75) is 11.0 Å². The molecule has 1 fully saturated rings. The van der Waals surface area contributed by atoms with Crippen molar-refractivity contribution < 1.29 is 17.5 Å². The fourth-order valence-corrected chi connectivity index (χ4v) is 3.64. The van der Waals surface area contributed by atoms with Crippen LogP contribution in [0.1, 0.15) is 5.56 Å². The molecule has 1 heterocycles. The van der Waals surface area contributed by atoms with E-state index < -0.39 is 15.8 Å². The molecule has 6 nitrogen and oxygen atoms in total. The third kappa shape index (κ3) is 3.39. The number of nitriles is 1. The van der Waals surface area contributed by atoms with Crippen molar-refractivity contribution in [3.63, 3.8) is 0 Å². The summed E-state index contributed by atoms with van der Waals surface area (Å²) in [6, 6.07) is 4.88. The van der Waals surface area contributed by atoms with Gasteiger partial charge in [-0.05, 0) is 25.2 Å². The Morgan fingerprint density at radius 3 is 3.00 bits per heavy atom. The Bertz CT molecular complexity index is 655. The van der Waals surface area contributed by atoms with Crippen molar-refractivity contribution in [2.24, 2.45) is 0 Å². The van der Waals surface area contributed by atoms with Gasteiger partial charge in [0.05, 0.1) is 23.2 Å². The molecule has 8 heteroatoms. The predicted molar refractivity (Wildman–Crippen MR) is 73.5 cm³/mol. The molecule has 1 saturated heterocycles. The first-order valence-corrected chi connectivity index (χ1v) is 7.89. The third-order valence-corrected chi connectivity index (χ3v) is 5.09. The van der Waals surface area contributed by atoms with Gasteiger partial charge in [-0.1, -0.05) is 0 Å². The van der Waals surface area contributed by atoms with Gasteiger partial charge >= 0.3 is 0 Å². The summed E-state index contributed by atoms with van der Waals surface area (Å²) in [6.45, 7) is 1.31. The van der Waals surface area contributed by atoms with Gasteiger partial charge in [0.1, 0.15) is 11.9 Å². The lowest BCUT2D eigenvalue weighted by Crippen LogP contribution is -2.48. The van der Waals surface area contributed by atoms with Crippen molar-refractivity contribution >= 4 is 10.0 Å². The van der Waals surface area contributed by atoms with Gasteiger partial charge < -0.3 is 10.1 Å². The largest absolute Gasteiger partial charge is 0.374 e. The van der Waals surface area contributed by atoms with Gasteiger partial charge in [-0.3, -0.25) is 0 Å². The second-order valence-corrected chi connectivity index (χ2v) is 6.60. The molecule has 0 bridgehead atoms. The minimum atomic E-state index is -3.75. The highest BCUT2D eigenvalue weighted by molar-refractivity contribution is 7.89. The van der Waals surface area contributed by atoms with Crippen LogP contribution in [0.4, 0.5) is 4.39 Å². The number of morpholine rings is 1. The van der Waals surface area contributed by atoms with E-state index in [1.54, 1.807) is 13.1 Å². The van der Waals surface area contributed by atoms with E-state index in [2.05, 4.69) is 5.32 Å². The van der Waals surface area contributed by atoms with Gasteiger partial charge in [-0.15, -0.1) is 0 Å². The lowest BCUT2D eigenvalue weighted by atomic mass is 10.2. The fourth-order valence-electron chi connectivity index (χ4n) is 2.16. The molecule has 0 saturated carbocycles. The molecule has 0 spiro atoms. The van der Waals surface area contributed by atoms with Gasteiger partial charge in [-0.2, -0.15) is 9.57 Å². The van der Waals surface area contributed by atoms with E-state index in [0.29, 0.717) is 13.2 Å². The quantitative estimate of drug-likeness (QED) is 0.865. The zero-order valence-corrected chi connectivity index (χ0v) is 12.4. The van der Waals surface area contributed by atoms with Crippen LogP contribution in [0, 0.1) is 17.1 Å². The summed E-state index contributed by atoms with van der Waals surface area (Å²) in [5.41, 5.74) is -0.281. The minimum absolute atomic E-state index is 0.0782. The van der Waals surface area contributed by atoms with E-state index in [0.717, 1.165) is 12.1 Å². The zero-order valence-electron chi connectivity index (χ0n) is 11.5. The van der Waals surface area contributed by atoms with Crippen molar-refractivity contribution in [1.82, 2.24) is 9.62 Å². The first kappa shape index (κ1) is 15.9. The van der Waals surface area contributed by atoms with E-state index in [1.165, 1.54) is 10.4 Å². The highest BCUT2D eigenvalue weighted by atomic mass is 32.2. The number of rotatable bonds is 4. The van der Waals surface area contributed by atoms with Gasteiger partial charge in [0.25, 0.3) is 0 Å². The highest BCUT2D eigenvalue weighted by Crippen LogP contribution is 2.21. The number of benzene rings is 1. The van der Waals surface area contributed by atoms with Gasteiger partial charge in [0.15, 0.2) is 0 Å². The van der Waals surface area contributed by atoms with Crippen molar-refractivity contribution in [1.29, 1.82) is 5.26 Å². The summed E-state index contributed by atoms with van der Waals surface area (Å²) in [4.78, 5) is -0.0782. The Hall–Kier alpha value is -1.53. The van der Waals surface area contributed by atoms with Crippen LogP contribution in [-0.4, -0.2) is 52.1 Å². The summed E-state index contributed by atoms with van der Waals surface area (Å²) in [6.07, 6.45) is -0.227. The SMILES string of the molecule is CNCC1CN(S(=O)(=O)c2ccc(F)c(C#N)c2)CCO1. The lowest BCUT2D eigenvalue weighted by molar-refractivity contribution is 0.000822. The van der Waals surface area contributed by atoms with Crippen LogP contribution in [0.3, 0.4) is 0 Å². The average molecular weight is 313 g/mol. The van der Waals surface area contributed by atoms with Gasteiger partial charge in [0, 0.05) is 19.6 Å². The summed E-state index contributed by atoms with van der Waals surface area (Å²) < 4.78 is 45.1. The lowest BCUT2D eigenvalue weighted by Gasteiger charge is -2.32. The van der Waals surface area contributed by atoms with Crippen LogP contribution in [0.15, 0.2) is 23.1 Å². The molecule has 21 heavy (non-hydrogen) atoms. The number of halogens is 1. The van der Waals surface area contributed by atoms with Crippen LogP contribution >= 0.6 is 0 Å². The highest BCUT2D eigenvalue weighted by Gasteiger charge is 2.30. The third-order valence-electron chi connectivity index (χ3n) is 3.23. The molecular formula is C13H16FN3O3S. The normalized spacial score (nSPS) is 20.1. The van der Waals surface area contributed by atoms with Crippen LogP contribution in [0.5, 0.6) is 0 Å². The number of nitrogens with zero attached hydrogens (tertiary/aromatic N) is 2. The number of nitrogens with one attached hydrogen (secondary N) is 1. The van der Waals surface area contributed by atoms with Crippen LogP contribution < -0.4 is 5.32 Å². The molecule has 1 atom stereocenters. The molecule has 0 amide bonds. The Morgan fingerprint density at radius 1 is 1.57 bits per heavy atom. The van der Waals surface area contributed by atoms with E-state index in [4.69, 9.17) is 10.00 Å². The number of sulfonamides is 1. The van der Waals surface area contributed by atoms with Crippen LogP contribution in [0.2, 0.25) is 0 Å². The monoisotopic (exact) mass is 313 g/mol. The molecule has 1 aliphatic heterocycles. The molecule has 1 N–H and O–H groups in total. The molecular weight excluding hydrogens is 297 g/mol. The molecule has 1 aromatic carbocycles. The Labute approximate surface area is 123 Å². The maximum Gasteiger partial charge on any atom is 0.243 e. The second kappa shape index (κ2) is 6.49. The first-order chi connectivity index (χ1) is 9.98. The maximum absolute atomic E-state index is 13.3. The van der Waals surface area contributed by atoms with Crippen LogP contribution in [-0.2, 0) is 14.8 Å². The molecule has 0 radical (unpaired) electrons. The van der Waals surface area contributed by atoms with Crippen molar-refractivity contribution in [3.8, 4) is 6.07 Å². The molecule has 1 aromatic rings. The summed E-state index contributed by atoms with van der Waals surface area (Å²) in [7, 11) is -1.99. The number of ether oxygens (including phenoxy) is 1. The van der Waals surface area contributed by atoms with E-state index in [9.17, 15) is 12.8 Å². The molecule has 114 valence electrons. The summed E-state index contributed by atoms with van der Waals surface area (Å²) >= 11 is 0. The Balaban J connectivity index is 2.27. The standard InChI is InChI=1S/C13H16FN3O3S/c1-16-8-11-9-17(4-5-20-11)21(18,19)12-2-3-13(14)10(6-12)7-15/h2-3,6,11,16H,4-5,8-9H2,1H3. The van der Waals surface area contributed by atoms with E-state index in [1.807, 2.05) is 0 Å². The fraction of sp³-hybridized carbons (Fsp3) is 0.462. The molecule has 1 unspecified atom stereocenters. The smallest absolute Gasteiger partial charge is 0.243 e. The molecule has 2 rings (SSSR count). The second-order valence-electron chi connectivity index (χ2n) is 4.67. The maximum atomic E-state index is 13.3. The molecule has 1 aliphatic rings. The molecule has 0 aliphatic carbocycles. The van der Waals surface area contributed by atoms with E-state index in [-0.39, 0.29) is 29.7 Å². The molecule has 0 aromatic heterocycles. The summed E-state index contributed by atoms with van der Waals surface area (Å²) in [5, 5.41) is 11.7. The van der Waals surface area contributed by atoms with Crippen LogP contribution in [0.25, 0.3) is 0 Å². The average Bonchev–Trinajstić information content (AvgIpc) is 2.48. The first-order valence-electron chi connectivity index (χ1n) is 6.45. The number of likely N-dealkylation sites (N-methyl/N-ethyl adjacent to an activating group) is 1. The van der Waals surface area contributed by atoms with Crippen molar-refractivity contribution in [3.05, 3.63) is 29.6 Å². The predicted octanol–water partition coefficient (Wildman–Crippen LogP) is 0.306. The number of hydrogen-bond acceptors (Lipinski definition) is 5. The Morgan fingerprint density at radius 2 is 2.33 bits per heavy atom. The summed E-state index contributed by atoms with van der Waals surface area (Å²) in [5.74, 6) is -0.730. The topological polar surface area (TPSA) is 82.4 Å². The Kier molecular flexibility index (Phi) is 4.90. The van der Waals surface area contributed by atoms with Gasteiger partial charge in [0.2, 0.25) is 10.0 Å². The minimum Gasteiger partial charge on any atom is -0.374 e.